The van der Waals surface area contributed by atoms with Crippen molar-refractivity contribution in [1.82, 2.24) is 14.9 Å². The van der Waals surface area contributed by atoms with Crippen LogP contribution in [0, 0.1) is 5.82 Å². The molecule has 2 saturated heterocycles. The lowest BCUT2D eigenvalue weighted by Crippen LogP contribution is -2.46. The molecule has 2 fully saturated rings. The van der Waals surface area contributed by atoms with Crippen molar-refractivity contribution in [2.24, 2.45) is 0 Å². The normalized spacial score (nSPS) is 19.1. The summed E-state index contributed by atoms with van der Waals surface area (Å²) in [5.41, 5.74) is 4.40. The van der Waals surface area contributed by atoms with Crippen molar-refractivity contribution in [2.45, 2.75) is 25.3 Å². The molecule has 5 rings (SSSR count). The number of rotatable bonds is 4. The molecule has 2 aliphatic rings. The number of anilines is 1. The van der Waals surface area contributed by atoms with E-state index in [0.29, 0.717) is 11.6 Å². The van der Waals surface area contributed by atoms with Gasteiger partial charge in [-0.2, -0.15) is 0 Å². The molecule has 29 heavy (non-hydrogen) atoms. The molecule has 0 bridgehead atoms. The van der Waals surface area contributed by atoms with Gasteiger partial charge in [0.05, 0.1) is 5.69 Å². The van der Waals surface area contributed by atoms with E-state index < -0.39 is 0 Å². The van der Waals surface area contributed by atoms with Crippen molar-refractivity contribution in [3.05, 3.63) is 59.7 Å². The highest BCUT2D eigenvalue weighted by molar-refractivity contribution is 5.81. The van der Waals surface area contributed by atoms with Crippen molar-refractivity contribution >= 4 is 16.7 Å². The minimum atomic E-state index is -0.134. The molecule has 0 radical (unpaired) electrons. The standard InChI is InChI=1S/C23H27FN4O/c24-20-5-1-2-6-21(20)28-12-10-27(11-13-28)16-19-18-4-3-9-25-23(18)26-22(19)17-7-14-29-15-8-17/h1-6,9,17H,7-8,10-16H2,(H,25,26). The number of nitrogens with zero attached hydrogens (tertiary/aromatic N) is 3. The molecule has 5 nitrogen and oxygen atoms in total. The number of H-pyrrole nitrogens is 1. The fourth-order valence-corrected chi connectivity index (χ4v) is 4.68. The van der Waals surface area contributed by atoms with Gasteiger partial charge in [0.15, 0.2) is 0 Å². The number of benzene rings is 1. The number of pyridine rings is 1. The van der Waals surface area contributed by atoms with Gasteiger partial charge >= 0.3 is 0 Å². The van der Waals surface area contributed by atoms with Crippen LogP contribution in [0.25, 0.3) is 11.0 Å². The number of fused-ring (bicyclic) bond motifs is 1. The Morgan fingerprint density at radius 3 is 2.62 bits per heavy atom. The third-order valence-electron chi connectivity index (χ3n) is 6.29. The molecule has 0 aliphatic carbocycles. The molecule has 1 N–H and O–H groups in total. The second kappa shape index (κ2) is 8.13. The van der Waals surface area contributed by atoms with E-state index in [4.69, 9.17) is 4.74 Å². The van der Waals surface area contributed by atoms with Gasteiger partial charge in [0.2, 0.25) is 0 Å². The van der Waals surface area contributed by atoms with Crippen LogP contribution in [0.4, 0.5) is 10.1 Å². The first kappa shape index (κ1) is 18.6. The third-order valence-corrected chi connectivity index (χ3v) is 6.29. The number of aromatic amines is 1. The van der Waals surface area contributed by atoms with Gasteiger partial charge in [-0.1, -0.05) is 12.1 Å². The van der Waals surface area contributed by atoms with Crippen LogP contribution in [0.3, 0.4) is 0 Å². The molecular weight excluding hydrogens is 367 g/mol. The predicted molar refractivity (Wildman–Crippen MR) is 113 cm³/mol. The molecule has 0 atom stereocenters. The molecule has 0 amide bonds. The monoisotopic (exact) mass is 394 g/mol. The number of hydrogen-bond acceptors (Lipinski definition) is 4. The van der Waals surface area contributed by atoms with E-state index in [9.17, 15) is 4.39 Å². The van der Waals surface area contributed by atoms with Crippen LogP contribution in [0.5, 0.6) is 0 Å². The van der Waals surface area contributed by atoms with Gasteiger partial charge in [-0.3, -0.25) is 4.90 Å². The van der Waals surface area contributed by atoms with E-state index in [1.807, 2.05) is 24.4 Å². The second-order valence-electron chi connectivity index (χ2n) is 8.02. The Morgan fingerprint density at radius 2 is 1.83 bits per heavy atom. The molecule has 2 aliphatic heterocycles. The Kier molecular flexibility index (Phi) is 5.21. The fraction of sp³-hybridized carbons (Fsp3) is 0.435. The van der Waals surface area contributed by atoms with Gasteiger partial charge in [0.1, 0.15) is 11.5 Å². The molecule has 1 aromatic carbocycles. The Morgan fingerprint density at radius 1 is 1.03 bits per heavy atom. The Bertz CT molecular complexity index is 974. The Labute approximate surface area is 170 Å². The smallest absolute Gasteiger partial charge is 0.146 e. The average molecular weight is 394 g/mol. The van der Waals surface area contributed by atoms with E-state index in [1.54, 1.807) is 12.1 Å². The largest absolute Gasteiger partial charge is 0.381 e. The number of nitrogens with one attached hydrogen (secondary N) is 1. The van der Waals surface area contributed by atoms with Crippen LogP contribution in [-0.2, 0) is 11.3 Å². The van der Waals surface area contributed by atoms with Crippen LogP contribution in [0.1, 0.15) is 30.0 Å². The lowest BCUT2D eigenvalue weighted by molar-refractivity contribution is 0.0842. The van der Waals surface area contributed by atoms with Crippen molar-refractivity contribution in [3.8, 4) is 0 Å². The predicted octanol–water partition coefficient (Wildman–Crippen LogP) is 3.92. The summed E-state index contributed by atoms with van der Waals surface area (Å²) in [5.74, 6) is 0.373. The zero-order valence-electron chi connectivity index (χ0n) is 16.6. The molecule has 0 saturated carbocycles. The molecule has 152 valence electrons. The maximum absolute atomic E-state index is 14.1. The number of hydrogen-bond donors (Lipinski definition) is 1. The highest BCUT2D eigenvalue weighted by atomic mass is 19.1. The van der Waals surface area contributed by atoms with Crippen molar-refractivity contribution in [1.29, 1.82) is 0 Å². The Balaban J connectivity index is 1.35. The first-order chi connectivity index (χ1) is 14.3. The maximum atomic E-state index is 14.1. The molecule has 4 heterocycles. The third kappa shape index (κ3) is 3.74. The van der Waals surface area contributed by atoms with Gasteiger partial charge < -0.3 is 14.6 Å². The Hall–Kier alpha value is -2.44. The summed E-state index contributed by atoms with van der Waals surface area (Å²) >= 11 is 0. The van der Waals surface area contributed by atoms with E-state index in [2.05, 4.69) is 25.8 Å². The van der Waals surface area contributed by atoms with E-state index >= 15 is 0 Å². The first-order valence-electron chi connectivity index (χ1n) is 10.5. The molecular formula is C23H27FN4O. The van der Waals surface area contributed by atoms with Crippen LogP contribution in [0.2, 0.25) is 0 Å². The molecule has 6 heteroatoms. The van der Waals surface area contributed by atoms with E-state index in [-0.39, 0.29) is 5.82 Å². The van der Waals surface area contributed by atoms with Crippen LogP contribution in [-0.4, -0.2) is 54.3 Å². The summed E-state index contributed by atoms with van der Waals surface area (Å²) in [6.45, 7) is 6.09. The molecule has 0 unspecified atom stereocenters. The fourth-order valence-electron chi connectivity index (χ4n) is 4.68. The summed E-state index contributed by atoms with van der Waals surface area (Å²) in [7, 11) is 0. The maximum Gasteiger partial charge on any atom is 0.146 e. The van der Waals surface area contributed by atoms with Crippen LogP contribution in [0.15, 0.2) is 42.6 Å². The number of ether oxygens (including phenoxy) is 1. The van der Waals surface area contributed by atoms with E-state index in [1.165, 1.54) is 16.6 Å². The summed E-state index contributed by atoms with van der Waals surface area (Å²) in [4.78, 5) is 12.8. The molecule has 0 spiro atoms. The second-order valence-corrected chi connectivity index (χ2v) is 8.02. The summed E-state index contributed by atoms with van der Waals surface area (Å²) in [5, 5.41) is 1.23. The zero-order valence-corrected chi connectivity index (χ0v) is 16.6. The summed E-state index contributed by atoms with van der Waals surface area (Å²) in [6, 6.07) is 11.3. The van der Waals surface area contributed by atoms with Gasteiger partial charge in [0, 0.05) is 69.1 Å². The summed E-state index contributed by atoms with van der Waals surface area (Å²) in [6.07, 6.45) is 3.96. The van der Waals surface area contributed by atoms with Crippen molar-refractivity contribution in [2.75, 3.05) is 44.3 Å². The molecule has 2 aromatic heterocycles. The van der Waals surface area contributed by atoms with Gasteiger partial charge in [0.25, 0.3) is 0 Å². The van der Waals surface area contributed by atoms with Crippen molar-refractivity contribution in [3.63, 3.8) is 0 Å². The number of para-hydroxylation sites is 1. The highest BCUT2D eigenvalue weighted by Crippen LogP contribution is 2.34. The first-order valence-corrected chi connectivity index (χ1v) is 10.5. The minimum absolute atomic E-state index is 0.134. The minimum Gasteiger partial charge on any atom is -0.381 e. The lowest BCUT2D eigenvalue weighted by Gasteiger charge is -2.36. The number of piperazine rings is 1. The SMILES string of the molecule is Fc1ccccc1N1CCN(Cc2c(C3CCOCC3)[nH]c3ncccc23)CC1. The van der Waals surface area contributed by atoms with Gasteiger partial charge in [-0.15, -0.1) is 0 Å². The molecule has 3 aromatic rings. The number of halogens is 1. The van der Waals surface area contributed by atoms with Gasteiger partial charge in [-0.25, -0.2) is 9.37 Å². The zero-order chi connectivity index (χ0) is 19.6. The van der Waals surface area contributed by atoms with Crippen LogP contribution < -0.4 is 4.90 Å². The summed E-state index contributed by atoms with van der Waals surface area (Å²) < 4.78 is 19.7. The highest BCUT2D eigenvalue weighted by Gasteiger charge is 2.26. The number of aromatic nitrogens is 2. The quantitative estimate of drug-likeness (QED) is 0.729. The lowest BCUT2D eigenvalue weighted by atomic mass is 9.93. The average Bonchev–Trinajstić information content (AvgIpc) is 3.14. The van der Waals surface area contributed by atoms with Gasteiger partial charge in [-0.05, 0) is 42.7 Å². The van der Waals surface area contributed by atoms with Crippen LogP contribution >= 0.6 is 0 Å². The topological polar surface area (TPSA) is 44.4 Å². The van der Waals surface area contributed by atoms with Crippen molar-refractivity contribution < 1.29 is 9.13 Å². The van der Waals surface area contributed by atoms with E-state index in [0.717, 1.165) is 64.4 Å².